The van der Waals surface area contributed by atoms with E-state index in [1.54, 1.807) is 0 Å². The molecular weight excluding hydrogens is 351 g/mol. The standard InChI is InChI=1S/C11H11N3O2S.C2HF3O2/c1-7-6-17-10(14-7)5-13-11(16)8-2-3-9(15)12-4-8;3-2(4,5)1(6)7/h2-4,6H,5H2,1H3,(H,12,15)(H,13,16);(H,6,7). The summed E-state index contributed by atoms with van der Waals surface area (Å²) >= 11 is 1.51. The maximum atomic E-state index is 11.7. The molecule has 0 aliphatic heterocycles. The molecule has 0 aliphatic carbocycles. The van der Waals surface area contributed by atoms with Crippen molar-refractivity contribution in [2.24, 2.45) is 0 Å². The van der Waals surface area contributed by atoms with E-state index in [1.807, 2.05) is 12.3 Å². The van der Waals surface area contributed by atoms with E-state index >= 15 is 0 Å². The molecule has 0 aromatic carbocycles. The molecule has 2 aromatic heterocycles. The highest BCUT2D eigenvalue weighted by atomic mass is 32.1. The van der Waals surface area contributed by atoms with Crippen molar-refractivity contribution in [1.29, 1.82) is 0 Å². The van der Waals surface area contributed by atoms with Crippen molar-refractivity contribution in [3.63, 3.8) is 0 Å². The molecule has 0 saturated heterocycles. The predicted octanol–water partition coefficient (Wildman–Crippen LogP) is 1.70. The Morgan fingerprint density at radius 2 is 2.00 bits per heavy atom. The maximum absolute atomic E-state index is 11.7. The summed E-state index contributed by atoms with van der Waals surface area (Å²) < 4.78 is 31.7. The fourth-order valence-electron chi connectivity index (χ4n) is 1.29. The van der Waals surface area contributed by atoms with Crippen LogP contribution in [0.25, 0.3) is 0 Å². The van der Waals surface area contributed by atoms with E-state index < -0.39 is 12.1 Å². The van der Waals surface area contributed by atoms with Crippen LogP contribution in [0.3, 0.4) is 0 Å². The van der Waals surface area contributed by atoms with E-state index in [1.165, 1.54) is 29.7 Å². The number of hydrogen-bond donors (Lipinski definition) is 3. The van der Waals surface area contributed by atoms with Crippen LogP contribution in [0.5, 0.6) is 0 Å². The normalized spacial score (nSPS) is 10.5. The summed E-state index contributed by atoms with van der Waals surface area (Å²) in [5.41, 5.74) is 1.15. The van der Waals surface area contributed by atoms with Crippen LogP contribution in [0.4, 0.5) is 13.2 Å². The van der Waals surface area contributed by atoms with Crippen molar-refractivity contribution in [2.75, 3.05) is 0 Å². The van der Waals surface area contributed by atoms with E-state index in [-0.39, 0.29) is 11.5 Å². The predicted molar refractivity (Wildman–Crippen MR) is 78.8 cm³/mol. The number of hydrogen-bond acceptors (Lipinski definition) is 5. The van der Waals surface area contributed by atoms with Gasteiger partial charge in [0.05, 0.1) is 12.1 Å². The number of carboxylic acid groups (broad SMARTS) is 1. The first-order chi connectivity index (χ1) is 11.1. The van der Waals surface area contributed by atoms with Gasteiger partial charge >= 0.3 is 12.1 Å². The molecule has 0 atom stereocenters. The van der Waals surface area contributed by atoms with Crippen LogP contribution in [-0.2, 0) is 11.3 Å². The number of aromatic amines is 1. The van der Waals surface area contributed by atoms with Crippen LogP contribution in [0.2, 0.25) is 0 Å². The second-order valence-corrected chi connectivity index (χ2v) is 5.25. The highest BCUT2D eigenvalue weighted by Gasteiger charge is 2.38. The molecule has 0 spiro atoms. The third-order valence-electron chi connectivity index (χ3n) is 2.36. The second kappa shape index (κ2) is 8.24. The number of nitrogens with zero attached hydrogens (tertiary/aromatic N) is 1. The minimum Gasteiger partial charge on any atom is -0.475 e. The van der Waals surface area contributed by atoms with Crippen molar-refractivity contribution in [2.45, 2.75) is 19.6 Å². The number of aryl methyl sites for hydroxylation is 1. The van der Waals surface area contributed by atoms with Gasteiger partial charge < -0.3 is 15.4 Å². The molecule has 0 fully saturated rings. The monoisotopic (exact) mass is 363 g/mol. The zero-order chi connectivity index (χ0) is 18.3. The topological polar surface area (TPSA) is 112 Å². The molecule has 11 heteroatoms. The lowest BCUT2D eigenvalue weighted by atomic mass is 10.3. The third kappa shape index (κ3) is 6.60. The zero-order valence-electron chi connectivity index (χ0n) is 12.2. The highest BCUT2D eigenvalue weighted by Crippen LogP contribution is 2.13. The van der Waals surface area contributed by atoms with Gasteiger partial charge in [0.15, 0.2) is 0 Å². The molecule has 0 unspecified atom stereocenters. The van der Waals surface area contributed by atoms with E-state index in [4.69, 9.17) is 9.90 Å². The molecule has 0 bridgehead atoms. The number of amides is 1. The summed E-state index contributed by atoms with van der Waals surface area (Å²) in [7, 11) is 0. The minimum atomic E-state index is -5.08. The molecule has 3 N–H and O–H groups in total. The molecule has 0 radical (unpaired) electrons. The van der Waals surface area contributed by atoms with Gasteiger partial charge in [-0.05, 0) is 13.0 Å². The Labute approximate surface area is 137 Å². The summed E-state index contributed by atoms with van der Waals surface area (Å²) in [5.74, 6) is -2.98. The van der Waals surface area contributed by atoms with E-state index in [0.717, 1.165) is 10.7 Å². The number of carbonyl (C=O) groups excluding carboxylic acids is 1. The number of aromatic nitrogens is 2. The number of H-pyrrole nitrogens is 1. The average molecular weight is 363 g/mol. The van der Waals surface area contributed by atoms with Crippen LogP contribution < -0.4 is 10.9 Å². The lowest BCUT2D eigenvalue weighted by Gasteiger charge is -2.02. The summed E-state index contributed by atoms with van der Waals surface area (Å²) in [5, 5.41) is 12.7. The van der Waals surface area contributed by atoms with E-state index in [0.29, 0.717) is 12.1 Å². The van der Waals surface area contributed by atoms with Gasteiger partial charge in [-0.25, -0.2) is 9.78 Å². The molecule has 0 saturated carbocycles. The van der Waals surface area contributed by atoms with Crippen LogP contribution in [0.1, 0.15) is 21.1 Å². The molecule has 130 valence electrons. The Balaban J connectivity index is 0.000000351. The van der Waals surface area contributed by atoms with Crippen molar-refractivity contribution >= 4 is 23.2 Å². The molecule has 2 aromatic rings. The molecule has 24 heavy (non-hydrogen) atoms. The SMILES string of the molecule is Cc1csc(CNC(=O)c2ccc(=O)[nH]c2)n1.O=C(O)C(F)(F)F. The Bertz CT molecular complexity index is 750. The van der Waals surface area contributed by atoms with Gasteiger partial charge in [0.25, 0.3) is 5.91 Å². The van der Waals surface area contributed by atoms with Gasteiger partial charge in [-0.1, -0.05) is 0 Å². The largest absolute Gasteiger partial charge is 0.490 e. The molecule has 1 amide bonds. The molecule has 7 nitrogen and oxygen atoms in total. The highest BCUT2D eigenvalue weighted by molar-refractivity contribution is 7.09. The van der Waals surface area contributed by atoms with Gasteiger partial charge in [0, 0.05) is 23.3 Å². The number of rotatable bonds is 3. The number of carboxylic acids is 1. The van der Waals surface area contributed by atoms with Gasteiger partial charge in [-0.2, -0.15) is 13.2 Å². The van der Waals surface area contributed by atoms with Crippen LogP contribution in [-0.4, -0.2) is 33.1 Å². The number of carbonyl (C=O) groups is 2. The first-order valence-electron chi connectivity index (χ1n) is 6.27. The first kappa shape index (κ1) is 19.4. The quantitative estimate of drug-likeness (QED) is 0.768. The number of thiazole rings is 1. The van der Waals surface area contributed by atoms with Crippen molar-refractivity contribution in [3.8, 4) is 0 Å². The fraction of sp³-hybridized carbons (Fsp3) is 0.231. The molecular formula is C13H12F3N3O4S. The Kier molecular flexibility index (Phi) is 6.65. The van der Waals surface area contributed by atoms with Gasteiger partial charge in [-0.15, -0.1) is 11.3 Å². The fourth-order valence-corrected chi connectivity index (χ4v) is 2.01. The number of pyridine rings is 1. The van der Waals surface area contributed by atoms with E-state index in [2.05, 4.69) is 15.3 Å². The third-order valence-corrected chi connectivity index (χ3v) is 3.32. The number of alkyl halides is 3. The Morgan fingerprint density at radius 1 is 1.38 bits per heavy atom. The first-order valence-corrected chi connectivity index (χ1v) is 7.15. The molecule has 2 rings (SSSR count). The van der Waals surface area contributed by atoms with Crippen LogP contribution >= 0.6 is 11.3 Å². The van der Waals surface area contributed by atoms with Crippen molar-refractivity contribution in [3.05, 3.63) is 50.3 Å². The van der Waals surface area contributed by atoms with Crippen LogP contribution in [0.15, 0.2) is 28.5 Å². The van der Waals surface area contributed by atoms with Gasteiger partial charge in [0.1, 0.15) is 5.01 Å². The van der Waals surface area contributed by atoms with Gasteiger partial charge in [0.2, 0.25) is 5.56 Å². The molecule has 2 heterocycles. The van der Waals surface area contributed by atoms with Gasteiger partial charge in [-0.3, -0.25) is 9.59 Å². The summed E-state index contributed by atoms with van der Waals surface area (Å²) in [6.45, 7) is 2.31. The summed E-state index contributed by atoms with van der Waals surface area (Å²) in [6, 6.07) is 2.81. The maximum Gasteiger partial charge on any atom is 0.490 e. The Hall–Kier alpha value is -2.69. The minimum absolute atomic E-state index is 0.225. The van der Waals surface area contributed by atoms with E-state index in [9.17, 15) is 22.8 Å². The van der Waals surface area contributed by atoms with Crippen molar-refractivity contribution < 1.29 is 27.9 Å². The smallest absolute Gasteiger partial charge is 0.475 e. The molecule has 0 aliphatic rings. The Morgan fingerprint density at radius 3 is 2.42 bits per heavy atom. The average Bonchev–Trinajstić information content (AvgIpc) is 2.91. The zero-order valence-corrected chi connectivity index (χ0v) is 13.0. The second-order valence-electron chi connectivity index (χ2n) is 4.31. The van der Waals surface area contributed by atoms with Crippen LogP contribution in [0, 0.1) is 6.92 Å². The summed E-state index contributed by atoms with van der Waals surface area (Å²) in [6.07, 6.45) is -3.69. The lowest BCUT2D eigenvalue weighted by Crippen LogP contribution is -2.23. The summed E-state index contributed by atoms with van der Waals surface area (Å²) in [4.78, 5) is 38.1. The number of nitrogens with one attached hydrogen (secondary N) is 2. The van der Waals surface area contributed by atoms with Crippen molar-refractivity contribution in [1.82, 2.24) is 15.3 Å². The lowest BCUT2D eigenvalue weighted by molar-refractivity contribution is -0.192. The number of aliphatic carboxylic acids is 1. The number of halogens is 3.